The first kappa shape index (κ1) is 23.7. The molecule has 2 fully saturated rings. The number of rotatable bonds is 7. The Balaban J connectivity index is 1.32. The Bertz CT molecular complexity index is 1210. The summed E-state index contributed by atoms with van der Waals surface area (Å²) < 4.78 is 0. The number of imide groups is 1. The van der Waals surface area contributed by atoms with Gasteiger partial charge in [0.25, 0.3) is 0 Å². The van der Waals surface area contributed by atoms with Crippen LogP contribution in [0.3, 0.4) is 0 Å². The molecule has 2 aromatic carbocycles. The van der Waals surface area contributed by atoms with Gasteiger partial charge in [0.15, 0.2) is 0 Å². The lowest BCUT2D eigenvalue weighted by Crippen LogP contribution is -2.51. The molecule has 0 bridgehead atoms. The summed E-state index contributed by atoms with van der Waals surface area (Å²) in [7, 11) is 0. The molecule has 5 rings (SSSR count). The second-order valence-corrected chi connectivity index (χ2v) is 9.43. The molecule has 0 N–H and O–H groups in total. The van der Waals surface area contributed by atoms with Gasteiger partial charge in [-0.25, -0.2) is 0 Å². The van der Waals surface area contributed by atoms with Crippen LogP contribution in [0.25, 0.3) is 0 Å². The third-order valence-electron chi connectivity index (χ3n) is 7.26. The second-order valence-electron chi connectivity index (χ2n) is 9.43. The average molecular weight is 483 g/mol. The van der Waals surface area contributed by atoms with E-state index in [2.05, 4.69) is 22.0 Å². The molecule has 0 saturated carbocycles. The normalized spacial score (nSPS) is 20.2. The third-order valence-corrected chi connectivity index (χ3v) is 7.26. The molecule has 0 radical (unpaired) electrons. The summed E-state index contributed by atoms with van der Waals surface area (Å²) in [5, 5.41) is 0. The van der Waals surface area contributed by atoms with Crippen LogP contribution >= 0.6 is 0 Å². The van der Waals surface area contributed by atoms with Crippen molar-refractivity contribution in [2.45, 2.75) is 24.7 Å². The van der Waals surface area contributed by atoms with Gasteiger partial charge in [0.05, 0.1) is 5.41 Å². The lowest BCUT2D eigenvalue weighted by atomic mass is 9.75. The Morgan fingerprint density at radius 3 is 2.17 bits per heavy atom. The molecule has 3 aromatic rings. The van der Waals surface area contributed by atoms with Crippen molar-refractivity contribution in [2.24, 2.45) is 0 Å². The predicted octanol–water partition coefficient (Wildman–Crippen LogP) is 3.06. The first-order chi connectivity index (χ1) is 17.6. The fourth-order valence-corrected chi connectivity index (χ4v) is 5.25. The maximum absolute atomic E-state index is 13.8. The van der Waals surface area contributed by atoms with Gasteiger partial charge < -0.3 is 9.80 Å². The number of aromatic nitrogens is 1. The Morgan fingerprint density at radius 1 is 0.833 bits per heavy atom. The largest absolute Gasteiger partial charge is 0.368 e. The number of carbonyl (C=O) groups is 3. The highest BCUT2D eigenvalue weighted by atomic mass is 16.2. The first-order valence-electron chi connectivity index (χ1n) is 12.4. The monoisotopic (exact) mass is 482 g/mol. The second kappa shape index (κ2) is 10.3. The van der Waals surface area contributed by atoms with Crippen molar-refractivity contribution in [1.29, 1.82) is 0 Å². The molecule has 0 spiro atoms. The van der Waals surface area contributed by atoms with E-state index in [4.69, 9.17) is 0 Å². The molecule has 3 amide bonds. The molecule has 2 aliphatic rings. The number of piperazine rings is 1. The molecule has 2 saturated heterocycles. The van der Waals surface area contributed by atoms with Crippen LogP contribution in [0.4, 0.5) is 5.69 Å². The van der Waals surface area contributed by atoms with Gasteiger partial charge in [-0.05, 0) is 29.8 Å². The summed E-state index contributed by atoms with van der Waals surface area (Å²) in [6.45, 7) is 2.90. The van der Waals surface area contributed by atoms with Gasteiger partial charge >= 0.3 is 0 Å². The molecule has 184 valence electrons. The summed E-state index contributed by atoms with van der Waals surface area (Å²) in [4.78, 5) is 50.2. The summed E-state index contributed by atoms with van der Waals surface area (Å²) in [6, 6.07) is 25.1. The van der Waals surface area contributed by atoms with E-state index in [0.717, 1.165) is 30.0 Å². The highest BCUT2D eigenvalue weighted by Gasteiger charge is 2.54. The Kier molecular flexibility index (Phi) is 6.80. The number of benzene rings is 2. The number of para-hydroxylation sites is 1. The minimum atomic E-state index is -1.17. The molecule has 0 unspecified atom stereocenters. The summed E-state index contributed by atoms with van der Waals surface area (Å²) in [6.07, 6.45) is 2.19. The first-order valence-corrected chi connectivity index (χ1v) is 12.4. The van der Waals surface area contributed by atoms with Crippen molar-refractivity contribution in [3.05, 3.63) is 96.3 Å². The van der Waals surface area contributed by atoms with Crippen LogP contribution < -0.4 is 4.90 Å². The smallest absolute Gasteiger partial charge is 0.240 e. The topological polar surface area (TPSA) is 73.8 Å². The zero-order chi connectivity index (χ0) is 25.0. The minimum absolute atomic E-state index is 0.00693. The fraction of sp³-hybridized carbons (Fsp3) is 0.310. The number of hydrogen-bond donors (Lipinski definition) is 0. The maximum Gasteiger partial charge on any atom is 0.240 e. The van der Waals surface area contributed by atoms with Gasteiger partial charge in [0.1, 0.15) is 0 Å². The van der Waals surface area contributed by atoms with Gasteiger partial charge in [0, 0.05) is 69.6 Å². The van der Waals surface area contributed by atoms with Crippen molar-refractivity contribution >= 4 is 23.4 Å². The van der Waals surface area contributed by atoms with E-state index in [-0.39, 0.29) is 37.1 Å². The van der Waals surface area contributed by atoms with Crippen molar-refractivity contribution < 1.29 is 14.4 Å². The number of hydrogen-bond acceptors (Lipinski definition) is 5. The quantitative estimate of drug-likeness (QED) is 0.484. The van der Waals surface area contributed by atoms with Gasteiger partial charge in [-0.2, -0.15) is 0 Å². The molecule has 0 aliphatic carbocycles. The van der Waals surface area contributed by atoms with E-state index in [1.54, 1.807) is 6.20 Å². The lowest BCUT2D eigenvalue weighted by molar-refractivity contribution is -0.142. The van der Waals surface area contributed by atoms with Crippen LogP contribution in [0.5, 0.6) is 0 Å². The van der Waals surface area contributed by atoms with E-state index in [0.29, 0.717) is 19.5 Å². The maximum atomic E-state index is 13.8. The van der Waals surface area contributed by atoms with Crippen LogP contribution in [-0.2, 0) is 26.2 Å². The molecular weight excluding hydrogens is 452 g/mol. The van der Waals surface area contributed by atoms with Crippen molar-refractivity contribution in [3.63, 3.8) is 0 Å². The van der Waals surface area contributed by atoms with E-state index in [1.807, 2.05) is 71.6 Å². The molecule has 2 aliphatic heterocycles. The van der Waals surface area contributed by atoms with Crippen molar-refractivity contribution in [3.8, 4) is 0 Å². The zero-order valence-corrected chi connectivity index (χ0v) is 20.3. The van der Waals surface area contributed by atoms with Crippen molar-refractivity contribution in [2.75, 3.05) is 37.6 Å². The molecule has 1 atom stereocenters. The Hall–Kier alpha value is -4.00. The molecule has 36 heavy (non-hydrogen) atoms. The SMILES string of the molecule is O=C(C[C@]1(c2ccccc2)CC(=O)N(CCc2ccccn2)C1=O)N1CCN(c2ccccc2)CC1. The Morgan fingerprint density at radius 2 is 1.50 bits per heavy atom. The van der Waals surface area contributed by atoms with Crippen LogP contribution in [0.1, 0.15) is 24.1 Å². The molecular formula is C29H30N4O3. The number of pyridine rings is 1. The van der Waals surface area contributed by atoms with Gasteiger partial charge in [-0.1, -0.05) is 54.6 Å². The van der Waals surface area contributed by atoms with E-state index < -0.39 is 5.41 Å². The molecule has 7 nitrogen and oxygen atoms in total. The number of nitrogens with zero attached hydrogens (tertiary/aromatic N) is 4. The lowest BCUT2D eigenvalue weighted by Gasteiger charge is -2.37. The Labute approximate surface area is 211 Å². The average Bonchev–Trinajstić information content (AvgIpc) is 3.18. The van der Waals surface area contributed by atoms with E-state index in [9.17, 15) is 14.4 Å². The van der Waals surface area contributed by atoms with Crippen molar-refractivity contribution in [1.82, 2.24) is 14.8 Å². The van der Waals surface area contributed by atoms with Crippen LogP contribution in [0, 0.1) is 0 Å². The highest BCUT2D eigenvalue weighted by Crippen LogP contribution is 2.40. The molecule has 7 heteroatoms. The predicted molar refractivity (Wildman–Crippen MR) is 137 cm³/mol. The minimum Gasteiger partial charge on any atom is -0.368 e. The van der Waals surface area contributed by atoms with Gasteiger partial charge in [-0.15, -0.1) is 0 Å². The summed E-state index contributed by atoms with van der Waals surface area (Å²) >= 11 is 0. The van der Waals surface area contributed by atoms with E-state index in [1.165, 1.54) is 4.90 Å². The number of likely N-dealkylation sites (tertiary alicyclic amines) is 1. The molecule has 3 heterocycles. The summed E-state index contributed by atoms with van der Waals surface area (Å²) in [5.41, 5.74) is 1.52. The highest BCUT2D eigenvalue weighted by molar-refractivity contribution is 6.10. The fourth-order valence-electron chi connectivity index (χ4n) is 5.25. The van der Waals surface area contributed by atoms with Gasteiger partial charge in [-0.3, -0.25) is 24.3 Å². The third kappa shape index (κ3) is 4.73. The van der Waals surface area contributed by atoms with Crippen LogP contribution in [0.15, 0.2) is 85.1 Å². The number of amides is 3. The standard InChI is InChI=1S/C29H30N4O3/c34-26(32-19-17-31(18-20-32)25-12-5-2-6-13-25)21-29(23-9-3-1-4-10-23)22-27(35)33(28(29)36)16-14-24-11-7-8-15-30-24/h1-13,15H,14,16-22H2/t29-/m1/s1. The van der Waals surface area contributed by atoms with E-state index >= 15 is 0 Å². The summed E-state index contributed by atoms with van der Waals surface area (Å²) in [5.74, 6) is -0.605. The molecule has 1 aromatic heterocycles. The van der Waals surface area contributed by atoms with Crippen LogP contribution in [-0.4, -0.2) is 65.2 Å². The van der Waals surface area contributed by atoms with Crippen LogP contribution in [0.2, 0.25) is 0 Å². The number of anilines is 1. The van der Waals surface area contributed by atoms with Gasteiger partial charge in [0.2, 0.25) is 17.7 Å². The zero-order valence-electron chi connectivity index (χ0n) is 20.3. The number of carbonyl (C=O) groups excluding carboxylic acids is 3.